The Balaban J connectivity index is 1.42. The first-order chi connectivity index (χ1) is 11.8. The molecule has 0 aliphatic carbocycles. The minimum atomic E-state index is -0.473. The molecule has 2 N–H and O–H groups in total. The van der Waals surface area contributed by atoms with Gasteiger partial charge < -0.3 is 19.6 Å². The second kappa shape index (κ2) is 8.33. The van der Waals surface area contributed by atoms with E-state index in [1.807, 2.05) is 36.5 Å². The van der Waals surface area contributed by atoms with Gasteiger partial charge >= 0.3 is 0 Å². The normalized spacial score (nSPS) is 19.5. The Bertz CT molecular complexity index is 598. The van der Waals surface area contributed by atoms with Crippen LogP contribution < -0.4 is 4.74 Å². The minimum absolute atomic E-state index is 0.347. The maximum atomic E-state index is 10.3. The van der Waals surface area contributed by atoms with Crippen molar-refractivity contribution in [3.8, 4) is 5.75 Å². The molecule has 2 heterocycles. The highest BCUT2D eigenvalue weighted by molar-refractivity contribution is 5.26. The predicted molar refractivity (Wildman–Crippen MR) is 93.0 cm³/mol. The first-order valence-electron chi connectivity index (χ1n) is 8.52. The number of ether oxygens (including phenoxy) is 2. The molecule has 0 amide bonds. The van der Waals surface area contributed by atoms with Gasteiger partial charge in [0.2, 0.25) is 0 Å². The molecule has 0 saturated carbocycles. The van der Waals surface area contributed by atoms with Crippen LogP contribution in [0.4, 0.5) is 0 Å². The molecule has 1 aliphatic heterocycles. The number of benzene rings is 1. The van der Waals surface area contributed by atoms with Crippen LogP contribution in [0.25, 0.3) is 0 Å². The number of likely N-dealkylation sites (tertiary alicyclic amines) is 1. The van der Waals surface area contributed by atoms with Crippen molar-refractivity contribution in [2.75, 3.05) is 26.8 Å². The van der Waals surface area contributed by atoms with Gasteiger partial charge in [0.15, 0.2) is 0 Å². The third kappa shape index (κ3) is 4.38. The molecule has 130 valence electrons. The first kappa shape index (κ1) is 17.0. The molecular formula is C19H26N2O3. The molecule has 1 saturated heterocycles. The molecule has 1 aromatic heterocycles. The number of β-amino-alcohol motifs (C(OH)–C–C–N with tert-alkyl or cyclic N) is 1. The van der Waals surface area contributed by atoms with Crippen LogP contribution in [0.3, 0.4) is 0 Å². The second-order valence-electron chi connectivity index (χ2n) is 6.30. The van der Waals surface area contributed by atoms with Gasteiger partial charge in [-0.1, -0.05) is 12.1 Å². The summed E-state index contributed by atoms with van der Waals surface area (Å²) in [6, 6.07) is 12.3. The van der Waals surface area contributed by atoms with Crippen molar-refractivity contribution in [3.63, 3.8) is 0 Å². The summed E-state index contributed by atoms with van der Waals surface area (Å²) in [7, 11) is 1.65. The third-order valence-corrected chi connectivity index (χ3v) is 4.53. The zero-order chi connectivity index (χ0) is 16.8. The van der Waals surface area contributed by atoms with Crippen LogP contribution >= 0.6 is 0 Å². The number of rotatable bonds is 8. The van der Waals surface area contributed by atoms with E-state index in [0.717, 1.165) is 24.3 Å². The average molecular weight is 330 g/mol. The number of methoxy groups -OCH3 is 1. The molecule has 2 unspecified atom stereocenters. The molecule has 24 heavy (non-hydrogen) atoms. The summed E-state index contributed by atoms with van der Waals surface area (Å²) in [6.45, 7) is 2.52. The lowest BCUT2D eigenvalue weighted by atomic mass is 10.1. The molecule has 5 heteroatoms. The van der Waals surface area contributed by atoms with Gasteiger partial charge in [-0.2, -0.15) is 0 Å². The molecule has 0 spiro atoms. The lowest BCUT2D eigenvalue weighted by molar-refractivity contribution is 0.00750. The highest BCUT2D eigenvalue weighted by Crippen LogP contribution is 2.30. The van der Waals surface area contributed by atoms with Crippen molar-refractivity contribution >= 4 is 0 Å². The maximum absolute atomic E-state index is 10.3. The monoisotopic (exact) mass is 330 g/mol. The molecule has 3 rings (SSSR count). The van der Waals surface area contributed by atoms with E-state index < -0.39 is 6.10 Å². The summed E-state index contributed by atoms with van der Waals surface area (Å²) in [5.74, 6) is 0.836. The summed E-state index contributed by atoms with van der Waals surface area (Å²) in [5.41, 5.74) is 2.31. The van der Waals surface area contributed by atoms with Gasteiger partial charge in [0.05, 0.1) is 26.4 Å². The Labute approximate surface area is 143 Å². The van der Waals surface area contributed by atoms with Crippen molar-refractivity contribution in [1.29, 1.82) is 0 Å². The van der Waals surface area contributed by atoms with E-state index in [0.29, 0.717) is 25.8 Å². The smallest absolute Gasteiger partial charge is 0.118 e. The van der Waals surface area contributed by atoms with E-state index in [-0.39, 0.29) is 0 Å². The Morgan fingerprint density at radius 1 is 1.29 bits per heavy atom. The van der Waals surface area contributed by atoms with E-state index in [4.69, 9.17) is 9.47 Å². The molecular weight excluding hydrogens is 304 g/mol. The highest BCUT2D eigenvalue weighted by Gasteiger charge is 2.28. The number of H-pyrrole nitrogens is 1. The minimum Gasteiger partial charge on any atom is -0.497 e. The van der Waals surface area contributed by atoms with Gasteiger partial charge in [0.25, 0.3) is 0 Å². The first-order valence-corrected chi connectivity index (χ1v) is 8.52. The topological polar surface area (TPSA) is 57.7 Å². The molecule has 1 aromatic carbocycles. The summed E-state index contributed by atoms with van der Waals surface area (Å²) >= 11 is 0. The van der Waals surface area contributed by atoms with Crippen molar-refractivity contribution in [2.45, 2.75) is 31.6 Å². The molecule has 2 atom stereocenters. The standard InChI is InChI=1S/C19H26N2O3/c1-23-17-8-6-15(7-9-17)13-24-14-16(22)12-21-11-3-5-19(21)18-4-2-10-20-18/h2,4,6-10,16,19-20,22H,3,5,11-14H2,1H3. The number of nitrogens with one attached hydrogen (secondary N) is 1. The fourth-order valence-electron chi connectivity index (χ4n) is 3.31. The Kier molecular flexibility index (Phi) is 5.91. The summed E-state index contributed by atoms with van der Waals surface area (Å²) in [6.07, 6.45) is 3.79. The fourth-order valence-corrected chi connectivity index (χ4v) is 3.31. The quantitative estimate of drug-likeness (QED) is 0.781. The molecule has 1 fully saturated rings. The molecule has 0 bridgehead atoms. The van der Waals surface area contributed by atoms with E-state index in [9.17, 15) is 5.11 Å². The van der Waals surface area contributed by atoms with E-state index in [1.165, 1.54) is 12.1 Å². The number of aliphatic hydroxyl groups is 1. The van der Waals surface area contributed by atoms with Crippen LogP contribution in [0.5, 0.6) is 5.75 Å². The molecule has 0 radical (unpaired) electrons. The van der Waals surface area contributed by atoms with Gasteiger partial charge in [-0.05, 0) is 49.2 Å². The van der Waals surface area contributed by atoms with Gasteiger partial charge in [-0.15, -0.1) is 0 Å². The van der Waals surface area contributed by atoms with Crippen molar-refractivity contribution < 1.29 is 14.6 Å². The zero-order valence-corrected chi connectivity index (χ0v) is 14.1. The Morgan fingerprint density at radius 2 is 2.12 bits per heavy atom. The van der Waals surface area contributed by atoms with Gasteiger partial charge in [-0.3, -0.25) is 4.90 Å². The number of aliphatic hydroxyl groups excluding tert-OH is 1. The summed E-state index contributed by atoms with van der Waals surface area (Å²) in [4.78, 5) is 5.63. The van der Waals surface area contributed by atoms with Crippen molar-refractivity contribution in [1.82, 2.24) is 9.88 Å². The van der Waals surface area contributed by atoms with Crippen LogP contribution in [0.1, 0.15) is 30.1 Å². The lowest BCUT2D eigenvalue weighted by Gasteiger charge is -2.26. The lowest BCUT2D eigenvalue weighted by Crippen LogP contribution is -2.34. The number of hydrogen-bond donors (Lipinski definition) is 2. The summed E-state index contributed by atoms with van der Waals surface area (Å²) < 4.78 is 10.8. The zero-order valence-electron chi connectivity index (χ0n) is 14.1. The largest absolute Gasteiger partial charge is 0.497 e. The Hall–Kier alpha value is -1.82. The van der Waals surface area contributed by atoms with Crippen LogP contribution in [0.2, 0.25) is 0 Å². The summed E-state index contributed by atoms with van der Waals surface area (Å²) in [5, 5.41) is 10.3. The number of nitrogens with zero attached hydrogens (tertiary/aromatic N) is 1. The van der Waals surface area contributed by atoms with Gasteiger partial charge in [0.1, 0.15) is 5.75 Å². The van der Waals surface area contributed by atoms with Crippen molar-refractivity contribution in [2.24, 2.45) is 0 Å². The highest BCUT2D eigenvalue weighted by atomic mass is 16.5. The predicted octanol–water partition coefficient (Wildman–Crippen LogP) is 2.74. The van der Waals surface area contributed by atoms with Crippen LogP contribution in [-0.4, -0.2) is 47.9 Å². The number of aromatic amines is 1. The SMILES string of the molecule is COc1ccc(COCC(O)CN2CCCC2c2ccc[nH]2)cc1. The maximum Gasteiger partial charge on any atom is 0.118 e. The van der Waals surface area contributed by atoms with E-state index in [2.05, 4.69) is 16.0 Å². The Morgan fingerprint density at radius 3 is 2.83 bits per heavy atom. The molecule has 2 aromatic rings. The van der Waals surface area contributed by atoms with E-state index >= 15 is 0 Å². The van der Waals surface area contributed by atoms with Crippen LogP contribution in [0.15, 0.2) is 42.6 Å². The van der Waals surface area contributed by atoms with Crippen molar-refractivity contribution in [3.05, 3.63) is 53.9 Å². The van der Waals surface area contributed by atoms with E-state index in [1.54, 1.807) is 7.11 Å². The van der Waals surface area contributed by atoms with Crippen LogP contribution in [-0.2, 0) is 11.3 Å². The number of aromatic nitrogens is 1. The number of hydrogen-bond acceptors (Lipinski definition) is 4. The average Bonchev–Trinajstić information content (AvgIpc) is 3.26. The van der Waals surface area contributed by atoms with Gasteiger partial charge in [-0.25, -0.2) is 0 Å². The van der Waals surface area contributed by atoms with Gasteiger partial charge in [0, 0.05) is 24.5 Å². The second-order valence-corrected chi connectivity index (χ2v) is 6.30. The third-order valence-electron chi connectivity index (χ3n) is 4.53. The molecule has 1 aliphatic rings. The molecule has 5 nitrogen and oxygen atoms in total. The van der Waals surface area contributed by atoms with Crippen LogP contribution in [0, 0.1) is 0 Å². The fraction of sp³-hybridized carbons (Fsp3) is 0.474.